The van der Waals surface area contributed by atoms with Gasteiger partial charge in [-0.15, -0.1) is 0 Å². The molecular formula is C14H25N3O2. The van der Waals surface area contributed by atoms with Gasteiger partial charge in [0.25, 0.3) is 0 Å². The first kappa shape index (κ1) is 14.3. The molecule has 0 aromatic carbocycles. The first-order chi connectivity index (χ1) is 9.20. The number of rotatable bonds is 6. The first-order valence-corrected chi connectivity index (χ1v) is 7.28. The summed E-state index contributed by atoms with van der Waals surface area (Å²) in [6, 6.07) is 0.694. The lowest BCUT2D eigenvalue weighted by Gasteiger charge is -2.30. The quantitative estimate of drug-likeness (QED) is 0.742. The minimum Gasteiger partial charge on any atom is -0.385 e. The highest BCUT2D eigenvalue weighted by atomic mass is 16.5. The second kappa shape index (κ2) is 6.89. The summed E-state index contributed by atoms with van der Waals surface area (Å²) in [6.45, 7) is 7.09. The molecule has 0 radical (unpaired) electrons. The van der Waals surface area contributed by atoms with Crippen molar-refractivity contribution < 1.29 is 9.26 Å². The molecule has 2 rings (SSSR count). The number of anilines is 1. The van der Waals surface area contributed by atoms with E-state index < -0.39 is 0 Å². The van der Waals surface area contributed by atoms with E-state index in [2.05, 4.69) is 28.9 Å². The molecule has 0 spiro atoms. The molecule has 0 saturated carbocycles. The van der Waals surface area contributed by atoms with Gasteiger partial charge in [0.15, 0.2) is 5.82 Å². The van der Waals surface area contributed by atoms with Crippen molar-refractivity contribution in [2.45, 2.75) is 45.4 Å². The molecule has 1 saturated heterocycles. The molecule has 19 heavy (non-hydrogen) atoms. The summed E-state index contributed by atoms with van der Waals surface area (Å²) in [4.78, 5) is 6.68. The van der Waals surface area contributed by atoms with Crippen LogP contribution in [0.2, 0.25) is 0 Å². The van der Waals surface area contributed by atoms with Crippen molar-refractivity contribution in [3.8, 4) is 0 Å². The maximum atomic E-state index is 5.34. The zero-order valence-electron chi connectivity index (χ0n) is 12.3. The molecule has 5 heteroatoms. The largest absolute Gasteiger partial charge is 0.385 e. The SMILES string of the molecule is COCCCC1CCN(c2nc(C(C)C)no2)CC1. The summed E-state index contributed by atoms with van der Waals surface area (Å²) in [5.41, 5.74) is 0. The lowest BCUT2D eigenvalue weighted by atomic mass is 9.92. The van der Waals surface area contributed by atoms with E-state index in [0.29, 0.717) is 11.9 Å². The van der Waals surface area contributed by atoms with Crippen LogP contribution in [0.4, 0.5) is 6.01 Å². The molecule has 0 amide bonds. The van der Waals surface area contributed by atoms with Crippen molar-refractivity contribution in [2.75, 3.05) is 31.7 Å². The number of ether oxygens (including phenoxy) is 1. The fourth-order valence-corrected chi connectivity index (χ4v) is 2.52. The van der Waals surface area contributed by atoms with Crippen molar-refractivity contribution in [2.24, 2.45) is 5.92 Å². The fourth-order valence-electron chi connectivity index (χ4n) is 2.52. The summed E-state index contributed by atoms with van der Waals surface area (Å²) in [5.74, 6) is 1.94. The summed E-state index contributed by atoms with van der Waals surface area (Å²) in [7, 11) is 1.77. The van der Waals surface area contributed by atoms with Crippen LogP contribution in [0.25, 0.3) is 0 Å². The third kappa shape index (κ3) is 3.93. The van der Waals surface area contributed by atoms with Crippen LogP contribution in [-0.2, 0) is 4.74 Å². The summed E-state index contributed by atoms with van der Waals surface area (Å²) in [6.07, 6.45) is 4.86. The van der Waals surface area contributed by atoms with E-state index in [4.69, 9.17) is 9.26 Å². The minimum absolute atomic E-state index is 0.323. The molecular weight excluding hydrogens is 242 g/mol. The third-order valence-electron chi connectivity index (χ3n) is 3.79. The van der Waals surface area contributed by atoms with Gasteiger partial charge in [0.05, 0.1) is 0 Å². The van der Waals surface area contributed by atoms with Crippen molar-refractivity contribution in [3.63, 3.8) is 0 Å². The second-order valence-corrected chi connectivity index (χ2v) is 5.66. The number of nitrogens with zero attached hydrogens (tertiary/aromatic N) is 3. The molecule has 5 nitrogen and oxygen atoms in total. The van der Waals surface area contributed by atoms with Gasteiger partial charge in [0.2, 0.25) is 0 Å². The lowest BCUT2D eigenvalue weighted by molar-refractivity contribution is 0.183. The van der Waals surface area contributed by atoms with Crippen LogP contribution in [0.15, 0.2) is 4.52 Å². The molecule has 1 aliphatic heterocycles. The average Bonchev–Trinajstić information content (AvgIpc) is 2.90. The number of piperidine rings is 1. The highest BCUT2D eigenvalue weighted by Gasteiger charge is 2.23. The van der Waals surface area contributed by atoms with Crippen LogP contribution in [0.3, 0.4) is 0 Å². The topological polar surface area (TPSA) is 51.4 Å². The number of methoxy groups -OCH3 is 1. The molecule has 1 aliphatic rings. The molecule has 0 aliphatic carbocycles. The maximum absolute atomic E-state index is 5.34. The lowest BCUT2D eigenvalue weighted by Crippen LogP contribution is -2.34. The highest BCUT2D eigenvalue weighted by Crippen LogP contribution is 2.25. The van der Waals surface area contributed by atoms with Gasteiger partial charge in [-0.05, 0) is 31.6 Å². The molecule has 1 aromatic rings. The van der Waals surface area contributed by atoms with Crippen LogP contribution in [-0.4, -0.2) is 36.9 Å². The van der Waals surface area contributed by atoms with Crippen molar-refractivity contribution in [1.82, 2.24) is 10.1 Å². The van der Waals surface area contributed by atoms with Gasteiger partial charge < -0.3 is 14.2 Å². The molecule has 2 heterocycles. The van der Waals surface area contributed by atoms with Gasteiger partial charge in [-0.2, -0.15) is 4.98 Å². The maximum Gasteiger partial charge on any atom is 0.324 e. The average molecular weight is 267 g/mol. The smallest absolute Gasteiger partial charge is 0.324 e. The van der Waals surface area contributed by atoms with Gasteiger partial charge in [-0.3, -0.25) is 0 Å². The van der Waals surface area contributed by atoms with Gasteiger partial charge in [0, 0.05) is 32.7 Å². The molecule has 0 atom stereocenters. The van der Waals surface area contributed by atoms with E-state index >= 15 is 0 Å². The molecule has 0 N–H and O–H groups in total. The second-order valence-electron chi connectivity index (χ2n) is 5.66. The van der Waals surface area contributed by atoms with E-state index in [1.54, 1.807) is 7.11 Å². The molecule has 1 fully saturated rings. The van der Waals surface area contributed by atoms with Crippen LogP contribution in [0, 0.1) is 5.92 Å². The molecule has 0 unspecified atom stereocenters. The summed E-state index contributed by atoms with van der Waals surface area (Å²) >= 11 is 0. The van der Waals surface area contributed by atoms with Gasteiger partial charge in [-0.1, -0.05) is 19.0 Å². The Kier molecular flexibility index (Phi) is 5.19. The predicted octanol–water partition coefficient (Wildman–Crippen LogP) is 2.84. The van der Waals surface area contributed by atoms with Crippen molar-refractivity contribution in [3.05, 3.63) is 5.82 Å². The van der Waals surface area contributed by atoms with Gasteiger partial charge >= 0.3 is 6.01 Å². The molecule has 0 bridgehead atoms. The molecule has 108 valence electrons. The highest BCUT2D eigenvalue weighted by molar-refractivity contribution is 5.26. The van der Waals surface area contributed by atoms with Crippen molar-refractivity contribution in [1.29, 1.82) is 0 Å². The summed E-state index contributed by atoms with van der Waals surface area (Å²) in [5, 5.41) is 4.03. The van der Waals surface area contributed by atoms with Crippen LogP contribution < -0.4 is 4.90 Å². The fraction of sp³-hybridized carbons (Fsp3) is 0.857. The van der Waals surface area contributed by atoms with Crippen molar-refractivity contribution >= 4 is 6.01 Å². The zero-order chi connectivity index (χ0) is 13.7. The third-order valence-corrected chi connectivity index (χ3v) is 3.79. The summed E-state index contributed by atoms with van der Waals surface area (Å²) < 4.78 is 10.4. The number of hydrogen-bond acceptors (Lipinski definition) is 5. The van der Waals surface area contributed by atoms with E-state index in [0.717, 1.165) is 31.4 Å². The van der Waals surface area contributed by atoms with E-state index in [1.165, 1.54) is 25.7 Å². The van der Waals surface area contributed by atoms with Gasteiger partial charge in [0.1, 0.15) is 0 Å². The van der Waals surface area contributed by atoms with Crippen LogP contribution in [0.1, 0.15) is 51.3 Å². The Balaban J connectivity index is 1.79. The first-order valence-electron chi connectivity index (χ1n) is 7.28. The van der Waals surface area contributed by atoms with E-state index in [1.807, 2.05) is 0 Å². The Hall–Kier alpha value is -1.10. The van der Waals surface area contributed by atoms with E-state index in [9.17, 15) is 0 Å². The van der Waals surface area contributed by atoms with Crippen LogP contribution >= 0.6 is 0 Å². The minimum atomic E-state index is 0.323. The van der Waals surface area contributed by atoms with E-state index in [-0.39, 0.29) is 0 Å². The predicted molar refractivity (Wildman–Crippen MR) is 74.4 cm³/mol. The zero-order valence-corrected chi connectivity index (χ0v) is 12.3. The Morgan fingerprint density at radius 2 is 2.11 bits per heavy atom. The normalized spacial score (nSPS) is 17.4. The van der Waals surface area contributed by atoms with Gasteiger partial charge in [-0.25, -0.2) is 0 Å². The standard InChI is InChI=1S/C14H25N3O2/c1-11(2)13-15-14(19-16-13)17-8-6-12(7-9-17)5-4-10-18-3/h11-12H,4-10H2,1-3H3. The Bertz CT molecular complexity index is 371. The Labute approximate surface area is 115 Å². The molecule has 1 aromatic heterocycles. The monoisotopic (exact) mass is 267 g/mol. The Morgan fingerprint density at radius 1 is 1.37 bits per heavy atom. The number of hydrogen-bond donors (Lipinski definition) is 0. The number of aromatic nitrogens is 2. The van der Waals surface area contributed by atoms with Crippen LogP contribution in [0.5, 0.6) is 0 Å². The Morgan fingerprint density at radius 3 is 2.68 bits per heavy atom.